The van der Waals surface area contributed by atoms with Crippen molar-refractivity contribution in [2.45, 2.75) is 44.8 Å². The Morgan fingerprint density at radius 2 is 1.62 bits per heavy atom. The standard InChI is InChI=1S/C20H26N4/c1-4-16-11-13-17(14-12-16)22-15-20(21,5-2)19(3)23(24(19)22)18-9-7-6-8-10-18/h6-14H,4-5,15,21H2,1-3H3. The molecule has 4 nitrogen and oxygen atoms in total. The van der Waals surface area contributed by atoms with E-state index in [0.29, 0.717) is 0 Å². The van der Waals surface area contributed by atoms with Gasteiger partial charge in [0.15, 0.2) is 5.66 Å². The molecule has 0 aliphatic carbocycles. The summed E-state index contributed by atoms with van der Waals surface area (Å²) in [5.41, 5.74) is 10.2. The van der Waals surface area contributed by atoms with Gasteiger partial charge in [0.05, 0.1) is 23.5 Å². The molecule has 0 bridgehead atoms. The maximum atomic E-state index is 6.86. The molecular weight excluding hydrogens is 296 g/mol. The van der Waals surface area contributed by atoms with Crippen molar-refractivity contribution in [3.05, 3.63) is 60.2 Å². The van der Waals surface area contributed by atoms with E-state index in [1.807, 2.05) is 0 Å². The van der Waals surface area contributed by atoms with Gasteiger partial charge in [0.2, 0.25) is 0 Å². The number of fused-ring (bicyclic) bond motifs is 1. The van der Waals surface area contributed by atoms with Gasteiger partial charge in [-0.2, -0.15) is 0 Å². The summed E-state index contributed by atoms with van der Waals surface area (Å²) in [4.78, 5) is 0. The van der Waals surface area contributed by atoms with Crippen molar-refractivity contribution in [1.82, 2.24) is 5.12 Å². The Morgan fingerprint density at radius 3 is 2.21 bits per heavy atom. The molecule has 24 heavy (non-hydrogen) atoms. The lowest BCUT2D eigenvalue weighted by Gasteiger charge is -2.33. The Balaban J connectivity index is 1.72. The van der Waals surface area contributed by atoms with Crippen LogP contribution in [0.4, 0.5) is 11.4 Å². The first kappa shape index (κ1) is 15.5. The van der Waals surface area contributed by atoms with Gasteiger partial charge < -0.3 is 5.73 Å². The fourth-order valence-electron chi connectivity index (χ4n) is 4.00. The van der Waals surface area contributed by atoms with E-state index in [9.17, 15) is 0 Å². The molecule has 2 saturated heterocycles. The minimum atomic E-state index is -0.272. The maximum absolute atomic E-state index is 6.86. The van der Waals surface area contributed by atoms with Gasteiger partial charge in [-0.1, -0.05) is 49.3 Å². The third-order valence-electron chi connectivity index (χ3n) is 5.83. The number of rotatable bonds is 4. The summed E-state index contributed by atoms with van der Waals surface area (Å²) < 4.78 is 0. The number of aryl methyl sites for hydroxylation is 1. The van der Waals surface area contributed by atoms with E-state index >= 15 is 0 Å². The molecule has 0 amide bonds. The molecule has 2 heterocycles. The second-order valence-electron chi connectivity index (χ2n) is 7.04. The fourth-order valence-corrected chi connectivity index (χ4v) is 4.00. The van der Waals surface area contributed by atoms with Gasteiger partial charge in [0.1, 0.15) is 0 Å². The summed E-state index contributed by atoms with van der Waals surface area (Å²) in [6.07, 6.45) is 2.00. The Bertz CT molecular complexity index is 729. The quantitative estimate of drug-likeness (QED) is 0.873. The SMILES string of the molecule is CCc1ccc(N2CC(N)(CC)C3(C)N(c4ccccc4)N23)cc1. The number of hydrogen-bond acceptors (Lipinski definition) is 4. The Morgan fingerprint density at radius 1 is 0.958 bits per heavy atom. The summed E-state index contributed by atoms with van der Waals surface area (Å²) in [5, 5.41) is 6.98. The highest BCUT2D eigenvalue weighted by atomic mass is 16.1. The van der Waals surface area contributed by atoms with Crippen LogP contribution >= 0.6 is 0 Å². The summed E-state index contributed by atoms with van der Waals surface area (Å²) >= 11 is 0. The second-order valence-corrected chi connectivity index (χ2v) is 7.04. The molecule has 126 valence electrons. The topological polar surface area (TPSA) is 35.3 Å². The second kappa shape index (κ2) is 5.23. The van der Waals surface area contributed by atoms with Crippen LogP contribution in [-0.2, 0) is 6.42 Å². The van der Waals surface area contributed by atoms with Gasteiger partial charge >= 0.3 is 0 Å². The van der Waals surface area contributed by atoms with Crippen LogP contribution < -0.4 is 15.8 Å². The minimum absolute atomic E-state index is 0.174. The number of nitrogens with two attached hydrogens (primary N) is 1. The number of hydrazine groups is 2. The van der Waals surface area contributed by atoms with Crippen LogP contribution in [-0.4, -0.2) is 22.9 Å². The van der Waals surface area contributed by atoms with Crippen molar-refractivity contribution in [1.29, 1.82) is 0 Å². The Kier molecular flexibility index (Phi) is 3.37. The predicted molar refractivity (Wildman–Crippen MR) is 99.5 cm³/mol. The first-order valence-electron chi connectivity index (χ1n) is 8.86. The van der Waals surface area contributed by atoms with Crippen LogP contribution in [0, 0.1) is 0 Å². The zero-order valence-electron chi connectivity index (χ0n) is 14.7. The fraction of sp³-hybridized carbons (Fsp3) is 0.400. The molecule has 0 radical (unpaired) electrons. The zero-order chi connectivity index (χ0) is 16.9. The smallest absolute Gasteiger partial charge is 0.165 e. The molecule has 4 rings (SSSR count). The van der Waals surface area contributed by atoms with E-state index in [-0.39, 0.29) is 11.2 Å². The third-order valence-corrected chi connectivity index (χ3v) is 5.83. The molecule has 0 spiro atoms. The first-order chi connectivity index (χ1) is 11.5. The van der Waals surface area contributed by atoms with Crippen LogP contribution in [0.5, 0.6) is 0 Å². The number of nitrogens with zero attached hydrogens (tertiary/aromatic N) is 3. The van der Waals surface area contributed by atoms with Crippen molar-refractivity contribution < 1.29 is 0 Å². The van der Waals surface area contributed by atoms with Gasteiger partial charge in [0.25, 0.3) is 0 Å². The Labute approximate surface area is 144 Å². The first-order valence-corrected chi connectivity index (χ1v) is 8.86. The molecule has 4 heteroatoms. The lowest BCUT2D eigenvalue weighted by Crippen LogP contribution is -2.56. The largest absolute Gasteiger partial charge is 0.320 e. The van der Waals surface area contributed by atoms with Crippen molar-refractivity contribution in [2.24, 2.45) is 5.73 Å². The predicted octanol–water partition coefficient (Wildman–Crippen LogP) is 3.54. The third kappa shape index (κ3) is 1.93. The van der Waals surface area contributed by atoms with E-state index in [0.717, 1.165) is 19.4 Å². The van der Waals surface area contributed by atoms with Gasteiger partial charge in [-0.15, -0.1) is 0 Å². The molecule has 2 aliphatic heterocycles. The van der Waals surface area contributed by atoms with E-state index < -0.39 is 0 Å². The molecule has 2 aliphatic rings. The zero-order valence-corrected chi connectivity index (χ0v) is 14.7. The van der Waals surface area contributed by atoms with E-state index in [2.05, 4.69) is 90.5 Å². The molecule has 2 fully saturated rings. The van der Waals surface area contributed by atoms with Crippen LogP contribution in [0.25, 0.3) is 0 Å². The number of benzene rings is 2. The van der Waals surface area contributed by atoms with E-state index in [1.165, 1.54) is 16.9 Å². The van der Waals surface area contributed by atoms with Crippen molar-refractivity contribution in [3.8, 4) is 0 Å². The molecule has 3 atom stereocenters. The van der Waals surface area contributed by atoms with Crippen LogP contribution in [0.2, 0.25) is 0 Å². The van der Waals surface area contributed by atoms with E-state index in [4.69, 9.17) is 5.73 Å². The molecular formula is C20H26N4. The molecule has 2 aromatic carbocycles. The molecule has 0 saturated carbocycles. The lowest BCUT2D eigenvalue weighted by molar-refractivity contribution is 0.350. The van der Waals surface area contributed by atoms with Crippen molar-refractivity contribution in [2.75, 3.05) is 16.6 Å². The molecule has 2 N–H and O–H groups in total. The summed E-state index contributed by atoms with van der Waals surface area (Å²) in [6.45, 7) is 7.47. The highest BCUT2D eigenvalue weighted by molar-refractivity contribution is 5.63. The van der Waals surface area contributed by atoms with Crippen molar-refractivity contribution in [3.63, 3.8) is 0 Å². The van der Waals surface area contributed by atoms with Gasteiger partial charge in [-0.05, 0) is 49.6 Å². The highest BCUT2D eigenvalue weighted by Gasteiger charge is 2.75. The number of anilines is 2. The average molecular weight is 322 g/mol. The van der Waals surface area contributed by atoms with Crippen LogP contribution in [0.1, 0.15) is 32.8 Å². The highest BCUT2D eigenvalue weighted by Crippen LogP contribution is 2.57. The molecule has 2 aromatic rings. The van der Waals surface area contributed by atoms with Crippen LogP contribution in [0.15, 0.2) is 54.6 Å². The van der Waals surface area contributed by atoms with Gasteiger partial charge in [-0.25, -0.2) is 0 Å². The normalized spacial score (nSPS) is 31.2. The van der Waals surface area contributed by atoms with Gasteiger partial charge in [0, 0.05) is 0 Å². The Hall–Kier alpha value is -2.04. The summed E-state index contributed by atoms with van der Waals surface area (Å²) in [6, 6.07) is 19.4. The average Bonchev–Trinajstić information content (AvgIpc) is 3.20. The van der Waals surface area contributed by atoms with Crippen LogP contribution in [0.3, 0.4) is 0 Å². The van der Waals surface area contributed by atoms with Crippen molar-refractivity contribution >= 4 is 11.4 Å². The minimum Gasteiger partial charge on any atom is -0.320 e. The lowest BCUT2D eigenvalue weighted by atomic mass is 9.87. The number of para-hydroxylation sites is 1. The maximum Gasteiger partial charge on any atom is 0.165 e. The summed E-state index contributed by atoms with van der Waals surface area (Å²) in [5.74, 6) is 0. The summed E-state index contributed by atoms with van der Waals surface area (Å²) in [7, 11) is 0. The molecule has 0 aromatic heterocycles. The monoisotopic (exact) mass is 322 g/mol. The van der Waals surface area contributed by atoms with E-state index in [1.54, 1.807) is 0 Å². The van der Waals surface area contributed by atoms with Gasteiger partial charge in [-0.3, -0.25) is 10.0 Å². The number of hydrogen-bond donors (Lipinski definition) is 1. The molecule has 3 unspecified atom stereocenters.